The Morgan fingerprint density at radius 3 is 2.78 bits per heavy atom. The van der Waals surface area contributed by atoms with Crippen molar-refractivity contribution < 1.29 is 4.74 Å². The Bertz CT molecular complexity index is 328. The van der Waals surface area contributed by atoms with Crippen molar-refractivity contribution >= 4 is 5.82 Å². The fraction of sp³-hybridized carbons (Fsp3) is 0.667. The van der Waals surface area contributed by atoms with Gasteiger partial charge in [0, 0.05) is 12.6 Å². The second kappa shape index (κ2) is 8.78. The van der Waals surface area contributed by atoms with Gasteiger partial charge in [-0.15, -0.1) is 0 Å². The van der Waals surface area contributed by atoms with Crippen molar-refractivity contribution in [3.05, 3.63) is 18.2 Å². The highest BCUT2D eigenvalue weighted by atomic mass is 16.5. The molecule has 0 aliphatic rings. The van der Waals surface area contributed by atoms with Gasteiger partial charge >= 0.3 is 0 Å². The molecule has 0 aliphatic carbocycles. The van der Waals surface area contributed by atoms with Gasteiger partial charge in [-0.25, -0.2) is 0 Å². The minimum Gasteiger partial charge on any atom is -0.478 e. The number of rotatable bonds is 9. The lowest BCUT2D eigenvalue weighted by molar-refractivity contribution is 0.327. The van der Waals surface area contributed by atoms with E-state index < -0.39 is 0 Å². The summed E-state index contributed by atoms with van der Waals surface area (Å²) in [5.74, 6) is 2.35. The number of nitrogens with one attached hydrogen (secondary N) is 1. The van der Waals surface area contributed by atoms with Crippen LogP contribution in [0.2, 0.25) is 0 Å². The van der Waals surface area contributed by atoms with Gasteiger partial charge in [0.05, 0.1) is 6.61 Å². The van der Waals surface area contributed by atoms with E-state index in [0.29, 0.717) is 12.5 Å². The molecule has 0 bridgehead atoms. The van der Waals surface area contributed by atoms with Gasteiger partial charge in [0.1, 0.15) is 5.82 Å². The van der Waals surface area contributed by atoms with Crippen LogP contribution in [0.3, 0.4) is 0 Å². The molecule has 0 saturated carbocycles. The van der Waals surface area contributed by atoms with Crippen molar-refractivity contribution in [2.45, 2.75) is 46.5 Å². The maximum Gasteiger partial charge on any atom is 0.215 e. The Morgan fingerprint density at radius 1 is 1.28 bits per heavy atom. The molecule has 0 aromatic carbocycles. The highest BCUT2D eigenvalue weighted by Gasteiger charge is 2.06. The Morgan fingerprint density at radius 2 is 2.11 bits per heavy atom. The summed E-state index contributed by atoms with van der Waals surface area (Å²) in [5.41, 5.74) is 0. The first-order valence-corrected chi connectivity index (χ1v) is 7.13. The van der Waals surface area contributed by atoms with E-state index in [4.69, 9.17) is 4.74 Å². The van der Waals surface area contributed by atoms with Crippen molar-refractivity contribution in [1.82, 2.24) is 4.98 Å². The molecule has 1 aromatic rings. The summed E-state index contributed by atoms with van der Waals surface area (Å²) < 4.78 is 5.39. The minimum absolute atomic E-state index is 0.657. The van der Waals surface area contributed by atoms with Crippen LogP contribution in [0.1, 0.15) is 46.5 Å². The van der Waals surface area contributed by atoms with Gasteiger partial charge in [-0.05, 0) is 25.3 Å². The van der Waals surface area contributed by atoms with E-state index in [1.165, 1.54) is 25.7 Å². The van der Waals surface area contributed by atoms with Crippen LogP contribution in [0.15, 0.2) is 18.2 Å². The fourth-order valence-electron chi connectivity index (χ4n) is 1.93. The first-order valence-electron chi connectivity index (χ1n) is 7.13. The zero-order chi connectivity index (χ0) is 13.2. The molecule has 1 unspecified atom stereocenters. The molecule has 1 atom stereocenters. The average molecular weight is 250 g/mol. The smallest absolute Gasteiger partial charge is 0.215 e. The lowest BCUT2D eigenvalue weighted by Crippen LogP contribution is -2.14. The molecule has 1 rings (SSSR count). The number of hydrogen-bond acceptors (Lipinski definition) is 3. The number of anilines is 1. The van der Waals surface area contributed by atoms with Gasteiger partial charge in [0.25, 0.3) is 0 Å². The van der Waals surface area contributed by atoms with E-state index in [-0.39, 0.29) is 0 Å². The van der Waals surface area contributed by atoms with Crippen molar-refractivity contribution in [3.8, 4) is 5.88 Å². The van der Waals surface area contributed by atoms with E-state index in [2.05, 4.69) is 24.1 Å². The molecule has 18 heavy (non-hydrogen) atoms. The molecule has 102 valence electrons. The molecule has 1 heterocycles. The van der Waals surface area contributed by atoms with Crippen LogP contribution in [0, 0.1) is 5.92 Å². The van der Waals surface area contributed by atoms with Crippen molar-refractivity contribution in [2.75, 3.05) is 18.5 Å². The first-order chi connectivity index (χ1) is 8.80. The van der Waals surface area contributed by atoms with E-state index in [0.717, 1.165) is 18.3 Å². The summed E-state index contributed by atoms with van der Waals surface area (Å²) in [4.78, 5) is 4.42. The fourth-order valence-corrected chi connectivity index (χ4v) is 1.93. The van der Waals surface area contributed by atoms with Gasteiger partial charge < -0.3 is 10.1 Å². The molecule has 0 aliphatic heterocycles. The summed E-state index contributed by atoms with van der Waals surface area (Å²) in [7, 11) is 0. The van der Waals surface area contributed by atoms with Crippen LogP contribution in [-0.4, -0.2) is 18.1 Å². The number of ether oxygens (including phenoxy) is 1. The van der Waals surface area contributed by atoms with Crippen LogP contribution in [-0.2, 0) is 0 Å². The van der Waals surface area contributed by atoms with Crippen LogP contribution in [0.5, 0.6) is 5.88 Å². The van der Waals surface area contributed by atoms with Crippen LogP contribution in [0.25, 0.3) is 0 Å². The SMILES string of the molecule is CCCCC(CC)CNc1cccc(OCC)n1. The van der Waals surface area contributed by atoms with E-state index in [9.17, 15) is 0 Å². The van der Waals surface area contributed by atoms with E-state index in [1.807, 2.05) is 25.1 Å². The molecule has 0 radical (unpaired) electrons. The number of nitrogens with zero attached hydrogens (tertiary/aromatic N) is 1. The molecule has 1 N–H and O–H groups in total. The number of hydrogen-bond donors (Lipinski definition) is 1. The third kappa shape index (κ3) is 5.39. The maximum atomic E-state index is 5.39. The van der Waals surface area contributed by atoms with Crippen LogP contribution >= 0.6 is 0 Å². The first kappa shape index (κ1) is 14.8. The van der Waals surface area contributed by atoms with E-state index >= 15 is 0 Å². The molecule has 1 aromatic heterocycles. The zero-order valence-electron chi connectivity index (χ0n) is 11.9. The van der Waals surface area contributed by atoms with Gasteiger partial charge in [-0.1, -0.05) is 39.2 Å². The molecular formula is C15H26N2O. The monoisotopic (exact) mass is 250 g/mol. The Labute approximate surface area is 111 Å². The second-order valence-corrected chi connectivity index (χ2v) is 4.59. The van der Waals surface area contributed by atoms with Gasteiger partial charge in [-0.2, -0.15) is 4.98 Å². The highest BCUT2D eigenvalue weighted by molar-refractivity contribution is 5.37. The van der Waals surface area contributed by atoms with Crippen LogP contribution < -0.4 is 10.1 Å². The molecular weight excluding hydrogens is 224 g/mol. The Balaban J connectivity index is 2.43. The molecule has 0 fully saturated rings. The van der Waals surface area contributed by atoms with E-state index in [1.54, 1.807) is 0 Å². The average Bonchev–Trinajstić information content (AvgIpc) is 2.40. The lowest BCUT2D eigenvalue weighted by Gasteiger charge is -2.16. The van der Waals surface area contributed by atoms with Gasteiger partial charge in [-0.3, -0.25) is 0 Å². The van der Waals surface area contributed by atoms with Crippen molar-refractivity contribution in [3.63, 3.8) is 0 Å². The Hall–Kier alpha value is -1.25. The summed E-state index contributed by atoms with van der Waals surface area (Å²) in [6.45, 7) is 8.13. The summed E-state index contributed by atoms with van der Waals surface area (Å²) in [6.07, 6.45) is 5.10. The lowest BCUT2D eigenvalue weighted by atomic mass is 9.99. The van der Waals surface area contributed by atoms with Crippen molar-refractivity contribution in [1.29, 1.82) is 0 Å². The molecule has 0 amide bonds. The third-order valence-corrected chi connectivity index (χ3v) is 3.13. The maximum absolute atomic E-state index is 5.39. The van der Waals surface area contributed by atoms with Gasteiger partial charge in [0.2, 0.25) is 5.88 Å². The molecule has 3 nitrogen and oxygen atoms in total. The topological polar surface area (TPSA) is 34.1 Å². The molecule has 3 heteroatoms. The predicted octanol–water partition coefficient (Wildman–Crippen LogP) is 4.11. The summed E-state index contributed by atoms with van der Waals surface area (Å²) in [6, 6.07) is 5.87. The van der Waals surface area contributed by atoms with Crippen molar-refractivity contribution in [2.24, 2.45) is 5.92 Å². The predicted molar refractivity (Wildman–Crippen MR) is 77.2 cm³/mol. The standard InChI is InChI=1S/C15H26N2O/c1-4-7-9-13(5-2)12-16-14-10-8-11-15(17-14)18-6-3/h8,10-11,13H,4-7,9,12H2,1-3H3,(H,16,17). The Kier molecular flexibility index (Phi) is 7.23. The number of pyridine rings is 1. The van der Waals surface area contributed by atoms with Crippen LogP contribution in [0.4, 0.5) is 5.82 Å². The highest BCUT2D eigenvalue weighted by Crippen LogP contribution is 2.15. The van der Waals surface area contributed by atoms with Gasteiger partial charge in [0.15, 0.2) is 0 Å². The normalized spacial score (nSPS) is 12.2. The molecule has 0 saturated heterocycles. The number of aromatic nitrogens is 1. The zero-order valence-corrected chi connectivity index (χ0v) is 11.9. The minimum atomic E-state index is 0.657. The number of unbranched alkanes of at least 4 members (excludes halogenated alkanes) is 1. The quantitative estimate of drug-likeness (QED) is 0.716. The molecule has 0 spiro atoms. The third-order valence-electron chi connectivity index (χ3n) is 3.13. The summed E-state index contributed by atoms with van der Waals surface area (Å²) >= 11 is 0. The summed E-state index contributed by atoms with van der Waals surface area (Å²) in [5, 5.41) is 3.41. The second-order valence-electron chi connectivity index (χ2n) is 4.59. The largest absolute Gasteiger partial charge is 0.478 e.